The Kier molecular flexibility index (Phi) is 9.08. The van der Waals surface area contributed by atoms with Crippen LogP contribution in [0.2, 0.25) is 0 Å². The van der Waals surface area contributed by atoms with Crippen LogP contribution in [-0.4, -0.2) is 49.8 Å². The average Bonchev–Trinajstić information content (AvgIpc) is 3.56. The van der Waals surface area contributed by atoms with E-state index in [0.717, 1.165) is 33.4 Å². The highest BCUT2D eigenvalue weighted by molar-refractivity contribution is 7.90. The molecule has 0 radical (unpaired) electrons. The third-order valence-electron chi connectivity index (χ3n) is 9.34. The summed E-state index contributed by atoms with van der Waals surface area (Å²) in [6.07, 6.45) is -0.358. The molecule has 1 amide bonds. The molecule has 1 heterocycles. The number of alkyl carbamates (subject to hydrolysis) is 1. The molecule has 0 fully saturated rings. The summed E-state index contributed by atoms with van der Waals surface area (Å²) in [5.41, 5.74) is 13.5. The van der Waals surface area contributed by atoms with Crippen molar-refractivity contribution in [2.24, 2.45) is 10.1 Å². The predicted octanol–water partition coefficient (Wildman–Crippen LogP) is 5.98. The van der Waals surface area contributed by atoms with Crippen molar-refractivity contribution in [3.05, 3.63) is 112 Å². The van der Waals surface area contributed by atoms with Gasteiger partial charge in [-0.15, -0.1) is 4.40 Å². The lowest BCUT2D eigenvalue weighted by Crippen LogP contribution is -2.42. The largest absolute Gasteiger partial charge is 0.487 e. The fourth-order valence-corrected chi connectivity index (χ4v) is 8.42. The highest BCUT2D eigenvalue weighted by Gasteiger charge is 2.37. The lowest BCUT2D eigenvalue weighted by atomic mass is 9.94. The molecule has 260 valence electrons. The number of benzene rings is 4. The van der Waals surface area contributed by atoms with Crippen LogP contribution in [0.25, 0.3) is 11.1 Å². The summed E-state index contributed by atoms with van der Waals surface area (Å²) in [7, 11) is -4.22. The van der Waals surface area contributed by atoms with Gasteiger partial charge in [-0.05, 0) is 91.3 Å². The number of carbonyl (C=O) groups excluding carboxylic acids is 1. The van der Waals surface area contributed by atoms with E-state index in [9.17, 15) is 23.1 Å². The van der Waals surface area contributed by atoms with E-state index in [0.29, 0.717) is 34.5 Å². The monoisotopic (exact) mass is 696 g/mol. The summed E-state index contributed by atoms with van der Waals surface area (Å²) < 4.78 is 42.7. The number of hydrogen-bond acceptors (Lipinski definition) is 6. The van der Waals surface area contributed by atoms with Gasteiger partial charge >= 0.3 is 12.1 Å². The van der Waals surface area contributed by atoms with Crippen LogP contribution in [-0.2, 0) is 32.4 Å². The van der Waals surface area contributed by atoms with Crippen molar-refractivity contribution in [2.75, 3.05) is 11.9 Å². The topological polar surface area (TPSA) is 169 Å². The second-order valence-electron chi connectivity index (χ2n) is 13.4. The molecular formula is C38H40N4O7S. The van der Waals surface area contributed by atoms with Crippen molar-refractivity contribution in [3.63, 3.8) is 0 Å². The molecule has 11 nitrogen and oxygen atoms in total. The minimum atomic E-state index is -4.22. The lowest BCUT2D eigenvalue weighted by Gasteiger charge is -2.18. The van der Waals surface area contributed by atoms with E-state index in [2.05, 4.69) is 15.0 Å². The van der Waals surface area contributed by atoms with Gasteiger partial charge < -0.3 is 30.9 Å². The number of nitrogens with one attached hydrogen (secondary N) is 2. The number of guanidine groups is 1. The van der Waals surface area contributed by atoms with E-state index in [4.69, 9.17) is 15.2 Å². The number of nitrogens with zero attached hydrogens (tertiary/aromatic N) is 1. The van der Waals surface area contributed by atoms with Gasteiger partial charge in [0.15, 0.2) is 0 Å². The number of carboxylic acids is 1. The van der Waals surface area contributed by atoms with Gasteiger partial charge in [0.25, 0.3) is 10.0 Å². The number of aliphatic carboxylic acids is 1. The van der Waals surface area contributed by atoms with Crippen molar-refractivity contribution in [1.82, 2.24) is 5.32 Å². The van der Waals surface area contributed by atoms with Gasteiger partial charge in [0, 0.05) is 30.0 Å². The Labute approximate surface area is 291 Å². The molecule has 0 unspecified atom stereocenters. The van der Waals surface area contributed by atoms with Gasteiger partial charge in [0.1, 0.15) is 24.0 Å². The fraction of sp³-hybridized carbons (Fsp3) is 0.289. The van der Waals surface area contributed by atoms with Gasteiger partial charge in [-0.2, -0.15) is 8.42 Å². The molecule has 0 aromatic heterocycles. The normalized spacial score (nSPS) is 15.3. The molecule has 50 heavy (non-hydrogen) atoms. The van der Waals surface area contributed by atoms with E-state index < -0.39 is 33.7 Å². The van der Waals surface area contributed by atoms with Crippen LogP contribution in [0.15, 0.2) is 82.1 Å². The van der Waals surface area contributed by atoms with Gasteiger partial charge in [-0.3, -0.25) is 0 Å². The number of nitrogens with two attached hydrogens (primary N) is 1. The predicted molar refractivity (Wildman–Crippen MR) is 191 cm³/mol. The summed E-state index contributed by atoms with van der Waals surface area (Å²) in [6, 6.07) is 21.2. The van der Waals surface area contributed by atoms with Crippen LogP contribution in [0.1, 0.15) is 58.7 Å². The zero-order valence-corrected chi connectivity index (χ0v) is 29.4. The third kappa shape index (κ3) is 6.75. The highest BCUT2D eigenvalue weighted by Crippen LogP contribution is 2.45. The van der Waals surface area contributed by atoms with Crippen LogP contribution < -0.4 is 21.1 Å². The first kappa shape index (κ1) is 34.5. The zero-order chi connectivity index (χ0) is 36.0. The third-order valence-corrected chi connectivity index (χ3v) is 10.9. The van der Waals surface area contributed by atoms with Gasteiger partial charge in [-0.1, -0.05) is 60.7 Å². The first-order valence-corrected chi connectivity index (χ1v) is 17.7. The van der Waals surface area contributed by atoms with Crippen molar-refractivity contribution in [2.45, 2.75) is 69.9 Å². The Balaban J connectivity index is 1.12. The number of carbonyl (C=O) groups is 2. The molecule has 0 bridgehead atoms. The summed E-state index contributed by atoms with van der Waals surface area (Å²) in [4.78, 5) is 25.1. The Morgan fingerprint density at radius 2 is 1.62 bits per heavy atom. The van der Waals surface area contributed by atoms with Crippen LogP contribution >= 0.6 is 0 Å². The molecule has 2 aliphatic rings. The molecule has 12 heteroatoms. The van der Waals surface area contributed by atoms with Crippen molar-refractivity contribution in [3.8, 4) is 16.9 Å². The first-order chi connectivity index (χ1) is 23.6. The molecule has 0 saturated carbocycles. The fourth-order valence-electron chi connectivity index (χ4n) is 6.97. The van der Waals surface area contributed by atoms with Crippen LogP contribution in [0, 0.1) is 20.8 Å². The Morgan fingerprint density at radius 3 is 2.26 bits per heavy atom. The number of sulfonamides is 1. The SMILES string of the molecule is Cc1c(C)c(S(=O)(=O)N=C(N)Nc2cccc(C[C@H](NC(=O)OCC3c4ccccc4-c4ccccc43)C(=O)O)c2)c(C)c2c1OC(C)(C)C2. The smallest absolute Gasteiger partial charge is 0.407 e. The van der Waals surface area contributed by atoms with E-state index in [-0.39, 0.29) is 29.8 Å². The van der Waals surface area contributed by atoms with Crippen molar-refractivity contribution < 1.29 is 32.6 Å². The number of fused-ring (bicyclic) bond motifs is 4. The Bertz CT molecular complexity index is 2110. The standard InChI is InChI=1S/C38H40N4O7S/c1-21-22(2)34(23(3)30-19-38(4,5)49-33(21)30)50(46,47)42-36(39)40-25-12-10-11-24(17-25)18-32(35(43)44)41-37(45)48-20-31-28-15-8-6-13-26(28)27-14-7-9-16-29(27)31/h6-17,31-32H,18-20H2,1-5H3,(H,41,45)(H,43,44)(H3,39,40,42)/t32-/m0/s1. The second kappa shape index (κ2) is 13.2. The second-order valence-corrected chi connectivity index (χ2v) is 14.9. The molecule has 4 aromatic rings. The Morgan fingerprint density at radius 1 is 0.980 bits per heavy atom. The minimum Gasteiger partial charge on any atom is -0.487 e. The number of ether oxygens (including phenoxy) is 2. The zero-order valence-electron chi connectivity index (χ0n) is 28.5. The molecule has 1 aliphatic heterocycles. The number of hydrogen-bond donors (Lipinski definition) is 4. The molecule has 4 aromatic carbocycles. The quantitative estimate of drug-likeness (QED) is 0.122. The van der Waals surface area contributed by atoms with E-state index in [1.807, 2.05) is 69.3 Å². The average molecular weight is 697 g/mol. The summed E-state index contributed by atoms with van der Waals surface area (Å²) in [6.45, 7) is 9.27. The first-order valence-electron chi connectivity index (χ1n) is 16.3. The maximum Gasteiger partial charge on any atom is 0.407 e. The molecule has 0 spiro atoms. The van der Waals surface area contributed by atoms with Crippen LogP contribution in [0.4, 0.5) is 10.5 Å². The summed E-state index contributed by atoms with van der Waals surface area (Å²) >= 11 is 0. The van der Waals surface area contributed by atoms with Crippen molar-refractivity contribution in [1.29, 1.82) is 0 Å². The number of amides is 1. The summed E-state index contributed by atoms with van der Waals surface area (Å²) in [5, 5.41) is 15.2. The van der Waals surface area contributed by atoms with Gasteiger partial charge in [-0.25, -0.2) is 9.59 Å². The van der Waals surface area contributed by atoms with E-state index >= 15 is 0 Å². The number of anilines is 1. The molecule has 1 atom stereocenters. The lowest BCUT2D eigenvalue weighted by molar-refractivity contribution is -0.139. The van der Waals surface area contributed by atoms with Crippen LogP contribution in [0.3, 0.4) is 0 Å². The maximum atomic E-state index is 13.6. The molecule has 0 saturated heterocycles. The van der Waals surface area contributed by atoms with Crippen LogP contribution in [0.5, 0.6) is 5.75 Å². The van der Waals surface area contributed by atoms with E-state index in [1.165, 1.54) is 0 Å². The summed E-state index contributed by atoms with van der Waals surface area (Å²) in [5.74, 6) is -1.06. The molecule has 5 N–H and O–H groups in total. The molecular weight excluding hydrogens is 657 g/mol. The molecule has 1 aliphatic carbocycles. The number of carboxylic acid groups (broad SMARTS) is 1. The maximum absolute atomic E-state index is 13.6. The van der Waals surface area contributed by atoms with Gasteiger partial charge in [0.05, 0.1) is 4.90 Å². The highest BCUT2D eigenvalue weighted by atomic mass is 32.2. The number of rotatable bonds is 9. The minimum absolute atomic E-state index is 0.0446. The van der Waals surface area contributed by atoms with Crippen molar-refractivity contribution >= 4 is 33.7 Å². The Hall–Kier alpha value is -5.36. The van der Waals surface area contributed by atoms with Gasteiger partial charge in [0.2, 0.25) is 5.96 Å². The van der Waals surface area contributed by atoms with E-state index in [1.54, 1.807) is 38.1 Å². The molecule has 6 rings (SSSR count).